The van der Waals surface area contributed by atoms with Gasteiger partial charge in [0, 0.05) is 31.6 Å². The lowest BCUT2D eigenvalue weighted by Gasteiger charge is -2.34. The normalized spacial score (nSPS) is 28.7. The molecule has 1 aromatic rings. The summed E-state index contributed by atoms with van der Waals surface area (Å²) < 4.78 is 0. The number of rotatable bonds is 6. The highest BCUT2D eigenvalue weighted by Crippen LogP contribution is 2.32. The van der Waals surface area contributed by atoms with E-state index in [-0.39, 0.29) is 24.1 Å². The molecule has 3 amide bonds. The summed E-state index contributed by atoms with van der Waals surface area (Å²) in [6.45, 7) is 5.93. The second kappa shape index (κ2) is 9.94. The van der Waals surface area contributed by atoms with Gasteiger partial charge in [-0.3, -0.25) is 24.6 Å². The number of amides is 3. The summed E-state index contributed by atoms with van der Waals surface area (Å²) in [6.07, 6.45) is 8.60. The molecule has 3 unspecified atom stereocenters. The zero-order valence-electron chi connectivity index (χ0n) is 19.5. The summed E-state index contributed by atoms with van der Waals surface area (Å²) in [6, 6.07) is 5.43. The Morgan fingerprint density at radius 2 is 1.85 bits per heavy atom. The van der Waals surface area contributed by atoms with Crippen molar-refractivity contribution in [3.05, 3.63) is 34.9 Å². The van der Waals surface area contributed by atoms with Crippen LogP contribution in [0.1, 0.15) is 72.9 Å². The molecule has 0 radical (unpaired) electrons. The van der Waals surface area contributed by atoms with Crippen molar-refractivity contribution in [3.8, 4) is 0 Å². The van der Waals surface area contributed by atoms with Crippen LogP contribution in [0.4, 0.5) is 0 Å². The molecule has 7 nitrogen and oxygen atoms in total. The number of hydrogen-bond donors (Lipinski definition) is 2. The molecule has 1 aromatic carbocycles. The Hall–Kier alpha value is -2.25. The molecule has 0 aromatic heterocycles. The van der Waals surface area contributed by atoms with Crippen molar-refractivity contribution in [2.75, 3.05) is 26.2 Å². The predicted octanol–water partition coefficient (Wildman–Crippen LogP) is 2.44. The van der Waals surface area contributed by atoms with Crippen LogP contribution in [0, 0.1) is 11.8 Å². The average Bonchev–Trinajstić information content (AvgIpc) is 3.16. The molecule has 4 aliphatic rings. The van der Waals surface area contributed by atoms with E-state index < -0.39 is 6.04 Å². The summed E-state index contributed by atoms with van der Waals surface area (Å²) in [5.74, 6) is 0.926. The first-order chi connectivity index (χ1) is 16.1. The van der Waals surface area contributed by atoms with Crippen molar-refractivity contribution < 1.29 is 14.4 Å². The lowest BCUT2D eigenvalue weighted by Crippen LogP contribution is -2.52. The van der Waals surface area contributed by atoms with Crippen LogP contribution in [-0.2, 0) is 22.7 Å². The molecule has 4 heterocycles. The molecule has 3 atom stereocenters. The summed E-state index contributed by atoms with van der Waals surface area (Å²) >= 11 is 0. The molecule has 0 spiro atoms. The van der Waals surface area contributed by atoms with Gasteiger partial charge < -0.3 is 10.2 Å². The predicted molar refractivity (Wildman–Crippen MR) is 125 cm³/mol. The van der Waals surface area contributed by atoms with E-state index in [4.69, 9.17) is 0 Å². The molecule has 7 heteroatoms. The van der Waals surface area contributed by atoms with E-state index in [2.05, 4.69) is 21.6 Å². The van der Waals surface area contributed by atoms with Crippen LogP contribution in [0.25, 0.3) is 0 Å². The number of piperidine rings is 3. The Kier molecular flexibility index (Phi) is 6.79. The van der Waals surface area contributed by atoms with Crippen molar-refractivity contribution in [1.29, 1.82) is 0 Å². The van der Waals surface area contributed by atoms with E-state index in [0.29, 0.717) is 13.0 Å². The van der Waals surface area contributed by atoms with Gasteiger partial charge in [-0.25, -0.2) is 0 Å². The molecule has 3 fully saturated rings. The van der Waals surface area contributed by atoms with Gasteiger partial charge in [0.25, 0.3) is 5.91 Å². The van der Waals surface area contributed by atoms with E-state index in [1.165, 1.54) is 57.2 Å². The SMILES string of the molecule is O=C1CCC(N2Cc3c(CN4CCCC(CCC5CCCNC5)C4)cccc3C2=O)C(=O)N1. The summed E-state index contributed by atoms with van der Waals surface area (Å²) in [5.41, 5.74) is 2.98. The van der Waals surface area contributed by atoms with Gasteiger partial charge >= 0.3 is 0 Å². The lowest BCUT2D eigenvalue weighted by molar-refractivity contribution is -0.136. The van der Waals surface area contributed by atoms with Gasteiger partial charge in [-0.15, -0.1) is 0 Å². The first-order valence-electron chi connectivity index (χ1n) is 12.8. The molecule has 178 valence electrons. The average molecular weight is 453 g/mol. The van der Waals surface area contributed by atoms with Crippen LogP contribution in [0.15, 0.2) is 18.2 Å². The highest BCUT2D eigenvalue weighted by atomic mass is 16.2. The van der Waals surface area contributed by atoms with Gasteiger partial charge in [-0.2, -0.15) is 0 Å². The maximum Gasteiger partial charge on any atom is 0.255 e. The quantitative estimate of drug-likeness (QED) is 0.648. The molecular weight excluding hydrogens is 416 g/mol. The highest BCUT2D eigenvalue weighted by Gasteiger charge is 2.40. The molecule has 2 N–H and O–H groups in total. The topological polar surface area (TPSA) is 81.8 Å². The van der Waals surface area contributed by atoms with Crippen molar-refractivity contribution in [3.63, 3.8) is 0 Å². The van der Waals surface area contributed by atoms with E-state index in [9.17, 15) is 14.4 Å². The molecule has 0 aliphatic carbocycles. The van der Waals surface area contributed by atoms with Crippen LogP contribution in [-0.4, -0.2) is 59.7 Å². The zero-order chi connectivity index (χ0) is 22.8. The van der Waals surface area contributed by atoms with E-state index in [1.807, 2.05) is 12.1 Å². The van der Waals surface area contributed by atoms with Crippen molar-refractivity contribution in [2.45, 2.75) is 70.5 Å². The fraction of sp³-hybridized carbons (Fsp3) is 0.654. The third-order valence-electron chi connectivity index (χ3n) is 8.06. The molecule has 0 saturated carbocycles. The van der Waals surface area contributed by atoms with Gasteiger partial charge in [0.2, 0.25) is 11.8 Å². The summed E-state index contributed by atoms with van der Waals surface area (Å²) in [7, 11) is 0. The second-order valence-corrected chi connectivity index (χ2v) is 10.4. The van der Waals surface area contributed by atoms with E-state index in [0.717, 1.165) is 42.6 Å². The van der Waals surface area contributed by atoms with Gasteiger partial charge in [-0.05, 0) is 93.6 Å². The van der Waals surface area contributed by atoms with Crippen LogP contribution < -0.4 is 10.6 Å². The molecular formula is C26H36N4O3. The minimum absolute atomic E-state index is 0.0843. The Bertz CT molecular complexity index is 911. The van der Waals surface area contributed by atoms with Gasteiger partial charge in [0.1, 0.15) is 6.04 Å². The lowest BCUT2D eigenvalue weighted by atomic mass is 9.87. The summed E-state index contributed by atoms with van der Waals surface area (Å²) in [5, 5.41) is 5.93. The third kappa shape index (κ3) is 4.99. The van der Waals surface area contributed by atoms with Crippen LogP contribution in [0.3, 0.4) is 0 Å². The largest absolute Gasteiger partial charge is 0.322 e. The van der Waals surface area contributed by atoms with Crippen molar-refractivity contribution in [1.82, 2.24) is 20.4 Å². The Morgan fingerprint density at radius 3 is 2.67 bits per heavy atom. The first kappa shape index (κ1) is 22.5. The fourth-order valence-electron chi connectivity index (χ4n) is 6.21. The minimum Gasteiger partial charge on any atom is -0.322 e. The number of nitrogens with zero attached hydrogens (tertiary/aromatic N) is 2. The number of imide groups is 1. The highest BCUT2D eigenvalue weighted by molar-refractivity contribution is 6.05. The van der Waals surface area contributed by atoms with Crippen molar-refractivity contribution in [2.24, 2.45) is 11.8 Å². The Morgan fingerprint density at radius 1 is 1.00 bits per heavy atom. The number of nitrogens with one attached hydrogen (secondary N) is 2. The maximum absolute atomic E-state index is 13.1. The maximum atomic E-state index is 13.1. The smallest absolute Gasteiger partial charge is 0.255 e. The Labute approximate surface area is 196 Å². The number of carbonyl (C=O) groups is 3. The zero-order valence-corrected chi connectivity index (χ0v) is 19.5. The summed E-state index contributed by atoms with van der Waals surface area (Å²) in [4.78, 5) is 41.2. The number of fused-ring (bicyclic) bond motifs is 1. The molecule has 5 rings (SSSR count). The van der Waals surface area contributed by atoms with Crippen molar-refractivity contribution >= 4 is 17.7 Å². The molecule has 3 saturated heterocycles. The first-order valence-corrected chi connectivity index (χ1v) is 12.8. The van der Waals surface area contributed by atoms with Crippen LogP contribution >= 0.6 is 0 Å². The number of likely N-dealkylation sites (tertiary alicyclic amines) is 1. The monoisotopic (exact) mass is 452 g/mol. The standard InChI is InChI=1S/C26H36N4O3/c31-24-11-10-23(25(32)28-24)30-17-22-20(6-1-7-21(22)26(30)33)16-29-13-3-5-19(15-29)9-8-18-4-2-12-27-14-18/h1,6-7,18-19,23,27H,2-5,8-17H2,(H,28,31,32). The van der Waals surface area contributed by atoms with E-state index >= 15 is 0 Å². The van der Waals surface area contributed by atoms with Gasteiger partial charge in [0.05, 0.1) is 0 Å². The number of benzene rings is 1. The molecule has 0 bridgehead atoms. The van der Waals surface area contributed by atoms with Crippen LogP contribution in [0.5, 0.6) is 0 Å². The van der Waals surface area contributed by atoms with Gasteiger partial charge in [0.15, 0.2) is 0 Å². The fourth-order valence-corrected chi connectivity index (χ4v) is 6.21. The van der Waals surface area contributed by atoms with Gasteiger partial charge in [-0.1, -0.05) is 12.1 Å². The molecule has 33 heavy (non-hydrogen) atoms. The Balaban J connectivity index is 1.21. The number of carbonyl (C=O) groups excluding carboxylic acids is 3. The van der Waals surface area contributed by atoms with Crippen LogP contribution in [0.2, 0.25) is 0 Å². The van der Waals surface area contributed by atoms with E-state index in [1.54, 1.807) is 4.90 Å². The number of hydrogen-bond acceptors (Lipinski definition) is 5. The third-order valence-corrected chi connectivity index (χ3v) is 8.06. The molecule has 4 aliphatic heterocycles. The minimum atomic E-state index is -0.552. The second-order valence-electron chi connectivity index (χ2n) is 10.4.